The van der Waals surface area contributed by atoms with Crippen molar-refractivity contribution < 1.29 is 90.1 Å². The molecule has 0 heterocycles. The Kier molecular flexibility index (Phi) is 14.4. The Bertz CT molecular complexity index is 99.2. The third kappa shape index (κ3) is 66.9. The minimum Gasteiger partial charge on any atom is -1.00 e. The second-order valence-electron chi connectivity index (χ2n) is 0.448. The van der Waals surface area contributed by atoms with E-state index >= 15 is 0 Å². The Morgan fingerprint density at radius 3 is 1.29 bits per heavy atom. The first-order valence-corrected chi connectivity index (χ1v) is 2.10. The summed E-state index contributed by atoms with van der Waals surface area (Å²) in [6.45, 7) is 0. The van der Waals surface area contributed by atoms with Crippen molar-refractivity contribution in [3.8, 4) is 0 Å². The maximum absolute atomic E-state index is 8.74. The molecule has 0 unspecified atom stereocenters. The summed E-state index contributed by atoms with van der Waals surface area (Å²) in [5, 5.41) is 0. The van der Waals surface area contributed by atoms with Crippen LogP contribution in [-0.2, 0) is 30.2 Å². The van der Waals surface area contributed by atoms with Crippen molar-refractivity contribution in [1.29, 1.82) is 0 Å². The van der Waals surface area contributed by atoms with Gasteiger partial charge in [-0.1, -0.05) is 0 Å². The van der Waals surface area contributed by atoms with Gasteiger partial charge in [-0.05, 0) is 0 Å². The van der Waals surface area contributed by atoms with Gasteiger partial charge in [0, 0.05) is 19.8 Å². The van der Waals surface area contributed by atoms with Gasteiger partial charge >= 0.3 is 61.8 Å². The average Bonchev–Trinajstić information content (AvgIpc) is 0.722. The molecule has 0 aliphatic heterocycles. The molecule has 0 rings (SSSR count). The average molecular weight is 328 g/mol. The van der Waals surface area contributed by atoms with E-state index in [1.165, 1.54) is 0 Å². The Morgan fingerprint density at radius 2 is 1.29 bits per heavy atom. The fourth-order valence-electron chi connectivity index (χ4n) is 0. The van der Waals surface area contributed by atoms with Crippen molar-refractivity contribution in [2.75, 3.05) is 0 Å². The Hall–Kier alpha value is 2.14. The van der Waals surface area contributed by atoms with Gasteiger partial charge < -0.3 is 1.43 Å². The maximum Gasteiger partial charge on any atom is 1.00 e. The van der Waals surface area contributed by atoms with Crippen LogP contribution in [0.25, 0.3) is 0 Å². The third-order valence-corrected chi connectivity index (χ3v) is 0. The molecule has 0 aliphatic rings. The number of hydrogen-bond donors (Lipinski definition) is 2. The van der Waals surface area contributed by atoms with Crippen LogP contribution < -0.4 is 51.4 Å². The summed E-state index contributed by atoms with van der Waals surface area (Å²) in [7, 11) is -4.67. The third-order valence-electron chi connectivity index (χ3n) is 0. The molecule has 0 atom stereocenters. The van der Waals surface area contributed by atoms with E-state index in [1.54, 1.807) is 0 Å². The molecule has 0 aromatic rings. The second kappa shape index (κ2) is 6.27. The molecule has 4 nitrogen and oxygen atoms in total. The molecule has 0 aliphatic carbocycles. The predicted octanol–water partition coefficient (Wildman–Crippen LogP) is -3.54. The summed E-state index contributed by atoms with van der Waals surface area (Å²) < 4.78 is 31.6. The molecule has 2 N–H and O–H groups in total. The van der Waals surface area contributed by atoms with E-state index in [2.05, 4.69) is 0 Å². The van der Waals surface area contributed by atoms with Crippen LogP contribution >= 0.6 is 0 Å². The van der Waals surface area contributed by atoms with E-state index < -0.39 is 10.4 Å². The zero-order chi connectivity index (χ0) is 4.50. The molecule has 0 bridgehead atoms. The molecule has 0 radical (unpaired) electrons. The van der Waals surface area contributed by atoms with Gasteiger partial charge in [-0.3, -0.25) is 9.11 Å². The SMILES string of the molecule is O=S(=O)(O)O.[H-].[K+].[Os]. The van der Waals surface area contributed by atoms with E-state index in [-0.39, 0.29) is 72.6 Å². The molecular formula is H3KO4OsS. The van der Waals surface area contributed by atoms with Gasteiger partial charge in [0.25, 0.3) is 0 Å². The van der Waals surface area contributed by atoms with E-state index in [0.717, 1.165) is 0 Å². The molecule has 0 amide bonds. The minimum absolute atomic E-state index is 0. The smallest absolute Gasteiger partial charge is 1.00 e. The fraction of sp³-hybridized carbons (Fsp3) is 0. The van der Waals surface area contributed by atoms with Gasteiger partial charge in [0.05, 0.1) is 0 Å². The standard InChI is InChI=1S/K.H2O4S.Os.H/c;1-5(2,3)4;;/h;(H2,1,2,3,4);;/q+1;;;-1. The first kappa shape index (κ1) is 16.1. The van der Waals surface area contributed by atoms with E-state index in [0.29, 0.717) is 0 Å². The summed E-state index contributed by atoms with van der Waals surface area (Å²) in [4.78, 5) is 0. The van der Waals surface area contributed by atoms with Gasteiger partial charge in [-0.25, -0.2) is 0 Å². The van der Waals surface area contributed by atoms with Crippen molar-refractivity contribution in [3.05, 3.63) is 0 Å². The van der Waals surface area contributed by atoms with Gasteiger partial charge in [-0.15, -0.1) is 0 Å². The molecule has 42 valence electrons. The molecule has 0 saturated heterocycles. The molecular weight excluding hydrogens is 325 g/mol. The zero-order valence-corrected chi connectivity index (χ0v) is 9.95. The summed E-state index contributed by atoms with van der Waals surface area (Å²) in [6, 6.07) is 0. The van der Waals surface area contributed by atoms with Crippen molar-refractivity contribution in [2.45, 2.75) is 0 Å². The van der Waals surface area contributed by atoms with Crippen LogP contribution in [0.4, 0.5) is 0 Å². The summed E-state index contributed by atoms with van der Waals surface area (Å²) in [5.74, 6) is 0. The Balaban J connectivity index is -0.0000000267. The topological polar surface area (TPSA) is 74.6 Å². The molecule has 7 heavy (non-hydrogen) atoms. The van der Waals surface area contributed by atoms with Crippen LogP contribution in [0, 0.1) is 0 Å². The van der Waals surface area contributed by atoms with Gasteiger partial charge in [0.1, 0.15) is 0 Å². The van der Waals surface area contributed by atoms with Crippen LogP contribution in [0.15, 0.2) is 0 Å². The summed E-state index contributed by atoms with van der Waals surface area (Å²) in [6.07, 6.45) is 0. The number of rotatable bonds is 0. The van der Waals surface area contributed by atoms with Crippen molar-refractivity contribution in [1.82, 2.24) is 0 Å². The normalized spacial score (nSPS) is 8.29. The second-order valence-corrected chi connectivity index (χ2v) is 1.34. The van der Waals surface area contributed by atoms with E-state index in [1.807, 2.05) is 0 Å². The zero-order valence-electron chi connectivity index (χ0n) is 4.47. The molecule has 7 heteroatoms. The predicted molar refractivity (Wildman–Crippen MR) is 15.3 cm³/mol. The summed E-state index contributed by atoms with van der Waals surface area (Å²) in [5.41, 5.74) is 0. The van der Waals surface area contributed by atoms with Crippen molar-refractivity contribution in [3.63, 3.8) is 0 Å². The van der Waals surface area contributed by atoms with Crippen LogP contribution in [0.3, 0.4) is 0 Å². The van der Waals surface area contributed by atoms with Crippen LogP contribution in [0.1, 0.15) is 1.43 Å². The van der Waals surface area contributed by atoms with E-state index in [9.17, 15) is 0 Å². The van der Waals surface area contributed by atoms with Gasteiger partial charge in [0.15, 0.2) is 0 Å². The Morgan fingerprint density at radius 1 is 1.29 bits per heavy atom. The van der Waals surface area contributed by atoms with Crippen molar-refractivity contribution >= 4 is 10.4 Å². The van der Waals surface area contributed by atoms with Crippen molar-refractivity contribution in [2.24, 2.45) is 0 Å². The van der Waals surface area contributed by atoms with Crippen LogP contribution in [-0.4, -0.2) is 17.5 Å². The molecule has 0 saturated carbocycles. The van der Waals surface area contributed by atoms with Crippen LogP contribution in [0.5, 0.6) is 0 Å². The maximum atomic E-state index is 8.74. The monoisotopic (exact) mass is 330 g/mol. The summed E-state index contributed by atoms with van der Waals surface area (Å²) >= 11 is 0. The van der Waals surface area contributed by atoms with Gasteiger partial charge in [0.2, 0.25) is 0 Å². The Labute approximate surface area is 98.6 Å². The molecule has 0 aromatic carbocycles. The molecule has 0 aromatic heterocycles. The largest absolute Gasteiger partial charge is 1.00 e. The molecule has 0 fully saturated rings. The number of hydrogen-bond acceptors (Lipinski definition) is 2. The first-order valence-electron chi connectivity index (χ1n) is 0.698. The first-order chi connectivity index (χ1) is 2.00. The fourth-order valence-corrected chi connectivity index (χ4v) is 0. The molecule has 0 spiro atoms. The van der Waals surface area contributed by atoms with Crippen LogP contribution in [0.2, 0.25) is 0 Å². The van der Waals surface area contributed by atoms with Gasteiger partial charge in [-0.2, -0.15) is 8.42 Å². The van der Waals surface area contributed by atoms with E-state index in [4.69, 9.17) is 17.5 Å². The quantitative estimate of drug-likeness (QED) is 0.357. The minimum atomic E-state index is -4.67.